The molecule has 0 fully saturated rings. The average Bonchev–Trinajstić information content (AvgIpc) is 3.54. The molecule has 5 heterocycles. The van der Waals surface area contributed by atoms with Gasteiger partial charge in [0.2, 0.25) is 5.82 Å². The Morgan fingerprint density at radius 1 is 1.13 bits per heavy atom. The topological polar surface area (TPSA) is 74.0 Å². The summed E-state index contributed by atoms with van der Waals surface area (Å²) in [5.74, 6) is 1.86. The first-order chi connectivity index (χ1) is 15.2. The van der Waals surface area contributed by atoms with Gasteiger partial charge in [0.05, 0.1) is 23.2 Å². The zero-order valence-corrected chi connectivity index (χ0v) is 17.9. The molecular weight excluding hydrogens is 432 g/mol. The van der Waals surface area contributed by atoms with Crippen LogP contribution in [0.15, 0.2) is 65.6 Å². The summed E-state index contributed by atoms with van der Waals surface area (Å²) in [6, 6.07) is 14.1. The molecule has 0 bridgehead atoms. The average molecular weight is 447 g/mol. The van der Waals surface area contributed by atoms with Crippen molar-refractivity contribution in [3.63, 3.8) is 0 Å². The number of benzene rings is 1. The van der Waals surface area contributed by atoms with Crippen molar-refractivity contribution >= 4 is 38.8 Å². The van der Waals surface area contributed by atoms with E-state index < -0.39 is 0 Å². The van der Waals surface area contributed by atoms with E-state index in [1.54, 1.807) is 39.3 Å². The molecule has 7 nitrogen and oxygen atoms in total. The fraction of sp³-hybridized carbons (Fsp3) is 0.0909. The Labute approximate surface area is 185 Å². The maximum atomic E-state index is 5.98. The van der Waals surface area contributed by atoms with E-state index in [1.807, 2.05) is 30.3 Å². The van der Waals surface area contributed by atoms with Crippen LogP contribution in [0.3, 0.4) is 0 Å². The molecule has 0 atom stereocenters. The largest absolute Gasteiger partial charge is 0.456 e. The van der Waals surface area contributed by atoms with Gasteiger partial charge in [-0.1, -0.05) is 41.9 Å². The molecule has 1 aromatic carbocycles. The summed E-state index contributed by atoms with van der Waals surface area (Å²) in [5, 5.41) is 10.4. The van der Waals surface area contributed by atoms with Crippen molar-refractivity contribution in [3.05, 3.63) is 76.8 Å². The summed E-state index contributed by atoms with van der Waals surface area (Å²) in [6.07, 6.45) is 5.05. The van der Waals surface area contributed by atoms with E-state index in [4.69, 9.17) is 21.0 Å². The molecule has 0 aliphatic heterocycles. The quantitative estimate of drug-likeness (QED) is 0.359. The van der Waals surface area contributed by atoms with Gasteiger partial charge in [0.1, 0.15) is 16.9 Å². The number of rotatable bonds is 4. The number of halogens is 1. The summed E-state index contributed by atoms with van der Waals surface area (Å²) in [4.78, 5) is 11.6. The molecule has 31 heavy (non-hydrogen) atoms. The second-order valence-corrected chi connectivity index (χ2v) is 8.79. The third-order valence-corrected chi connectivity index (χ3v) is 6.28. The lowest BCUT2D eigenvalue weighted by molar-refractivity contribution is 0.487. The van der Waals surface area contributed by atoms with Crippen LogP contribution in [0.5, 0.6) is 0 Å². The first kappa shape index (κ1) is 18.3. The van der Waals surface area contributed by atoms with E-state index in [0.29, 0.717) is 23.2 Å². The number of aromatic nitrogens is 6. The molecule has 0 radical (unpaired) electrons. The van der Waals surface area contributed by atoms with Crippen LogP contribution >= 0.6 is 22.9 Å². The Kier molecular flexibility index (Phi) is 4.15. The van der Waals surface area contributed by atoms with Gasteiger partial charge in [0, 0.05) is 16.6 Å². The number of furan rings is 1. The fourth-order valence-electron chi connectivity index (χ4n) is 3.73. The molecule has 0 aliphatic rings. The lowest BCUT2D eigenvalue weighted by Gasteiger charge is -2.02. The zero-order valence-electron chi connectivity index (χ0n) is 16.4. The van der Waals surface area contributed by atoms with Crippen molar-refractivity contribution in [2.75, 3.05) is 0 Å². The van der Waals surface area contributed by atoms with Crippen LogP contribution in [-0.2, 0) is 6.54 Å². The van der Waals surface area contributed by atoms with Crippen LogP contribution in [0.25, 0.3) is 38.6 Å². The molecule has 6 rings (SSSR count). The van der Waals surface area contributed by atoms with Gasteiger partial charge in [-0.3, -0.25) is 4.68 Å². The van der Waals surface area contributed by atoms with Crippen LogP contribution in [0.1, 0.15) is 10.6 Å². The third kappa shape index (κ3) is 3.11. The highest BCUT2D eigenvalue weighted by molar-refractivity contribution is 7.19. The number of hydrogen-bond acceptors (Lipinski definition) is 6. The molecule has 0 unspecified atom stereocenters. The van der Waals surface area contributed by atoms with Gasteiger partial charge in [-0.2, -0.15) is 5.10 Å². The number of thiophene rings is 1. The molecule has 5 aromatic heterocycles. The number of hydrogen-bond donors (Lipinski definition) is 0. The summed E-state index contributed by atoms with van der Waals surface area (Å²) in [7, 11) is 0. The van der Waals surface area contributed by atoms with Crippen molar-refractivity contribution in [2.45, 2.75) is 13.5 Å². The number of aryl methyl sites for hydroxylation is 1. The van der Waals surface area contributed by atoms with E-state index in [0.717, 1.165) is 32.8 Å². The highest BCUT2D eigenvalue weighted by Gasteiger charge is 2.19. The number of nitrogens with zero attached hydrogens (tertiary/aromatic N) is 6. The van der Waals surface area contributed by atoms with Crippen LogP contribution < -0.4 is 0 Å². The van der Waals surface area contributed by atoms with Gasteiger partial charge in [-0.15, -0.1) is 16.4 Å². The first-order valence-electron chi connectivity index (χ1n) is 9.62. The van der Waals surface area contributed by atoms with Crippen LogP contribution in [0, 0.1) is 6.92 Å². The summed E-state index contributed by atoms with van der Waals surface area (Å²) in [5.41, 5.74) is 3.05. The molecule has 9 heteroatoms. The molecule has 0 spiro atoms. The smallest absolute Gasteiger partial charge is 0.217 e. The Hall–Kier alpha value is -3.49. The second kappa shape index (κ2) is 7.04. The Morgan fingerprint density at radius 3 is 2.81 bits per heavy atom. The maximum Gasteiger partial charge on any atom is 0.217 e. The Morgan fingerprint density at radius 2 is 2.00 bits per heavy atom. The van der Waals surface area contributed by atoms with Crippen molar-refractivity contribution in [1.82, 2.24) is 29.4 Å². The SMILES string of the molecule is Cc1sc2ncn3nc(-c4ccc(Cn5cc(Cl)cn5)o4)nc3c2c1-c1ccccc1. The van der Waals surface area contributed by atoms with Crippen LogP contribution in [-0.4, -0.2) is 29.4 Å². The van der Waals surface area contributed by atoms with E-state index in [-0.39, 0.29) is 0 Å². The maximum absolute atomic E-state index is 5.98. The lowest BCUT2D eigenvalue weighted by atomic mass is 10.0. The Balaban J connectivity index is 1.45. The summed E-state index contributed by atoms with van der Waals surface area (Å²) >= 11 is 7.60. The van der Waals surface area contributed by atoms with E-state index in [1.165, 1.54) is 4.88 Å². The Bertz CT molecular complexity index is 1540. The molecule has 0 aliphatic carbocycles. The second-order valence-electron chi connectivity index (χ2n) is 7.15. The standard InChI is InChI=1S/C22H15ClN6OS/c1-13-18(14-5-3-2-4-6-14)19-21-26-20(27-29(21)12-24-22(19)31-13)17-8-7-16(30-17)11-28-10-15(23)9-25-28/h2-10,12H,11H2,1H3. The lowest BCUT2D eigenvalue weighted by Crippen LogP contribution is -1.97. The zero-order chi connectivity index (χ0) is 20.9. The minimum absolute atomic E-state index is 0.480. The van der Waals surface area contributed by atoms with Gasteiger partial charge >= 0.3 is 0 Å². The molecule has 0 amide bonds. The summed E-state index contributed by atoms with van der Waals surface area (Å²) < 4.78 is 9.42. The molecule has 6 aromatic rings. The van der Waals surface area contributed by atoms with Gasteiger partial charge in [0.25, 0.3) is 0 Å². The van der Waals surface area contributed by atoms with Gasteiger partial charge in [-0.05, 0) is 24.6 Å². The van der Waals surface area contributed by atoms with E-state index in [2.05, 4.69) is 34.2 Å². The third-order valence-electron chi connectivity index (χ3n) is 5.07. The molecular formula is C22H15ClN6OS. The predicted octanol–water partition coefficient (Wildman–Crippen LogP) is 5.47. The molecule has 0 saturated heterocycles. The predicted molar refractivity (Wildman–Crippen MR) is 120 cm³/mol. The fourth-order valence-corrected chi connectivity index (χ4v) is 4.90. The van der Waals surface area contributed by atoms with Crippen molar-refractivity contribution in [2.24, 2.45) is 0 Å². The molecule has 152 valence electrons. The highest BCUT2D eigenvalue weighted by atomic mass is 35.5. The number of fused-ring (bicyclic) bond motifs is 3. The molecule has 0 saturated carbocycles. The van der Waals surface area contributed by atoms with E-state index in [9.17, 15) is 0 Å². The van der Waals surface area contributed by atoms with Gasteiger partial charge in [-0.25, -0.2) is 14.5 Å². The van der Waals surface area contributed by atoms with Crippen LogP contribution in [0.2, 0.25) is 5.02 Å². The summed E-state index contributed by atoms with van der Waals surface area (Å²) in [6.45, 7) is 2.59. The highest BCUT2D eigenvalue weighted by Crippen LogP contribution is 2.39. The van der Waals surface area contributed by atoms with Crippen LogP contribution in [0.4, 0.5) is 0 Å². The molecule has 0 N–H and O–H groups in total. The van der Waals surface area contributed by atoms with Crippen molar-refractivity contribution < 1.29 is 4.42 Å². The van der Waals surface area contributed by atoms with Crippen molar-refractivity contribution in [3.8, 4) is 22.7 Å². The normalized spacial score (nSPS) is 11.7. The van der Waals surface area contributed by atoms with Crippen molar-refractivity contribution in [1.29, 1.82) is 0 Å². The minimum Gasteiger partial charge on any atom is -0.456 e. The van der Waals surface area contributed by atoms with Gasteiger partial charge in [0.15, 0.2) is 11.4 Å². The van der Waals surface area contributed by atoms with Gasteiger partial charge < -0.3 is 4.42 Å². The first-order valence-corrected chi connectivity index (χ1v) is 10.8. The van der Waals surface area contributed by atoms with E-state index >= 15 is 0 Å². The monoisotopic (exact) mass is 446 g/mol. The minimum atomic E-state index is 0.480.